The number of thiophene rings is 1. The predicted octanol–water partition coefficient (Wildman–Crippen LogP) is 1.24. The van der Waals surface area contributed by atoms with E-state index in [2.05, 4.69) is 39.5 Å². The summed E-state index contributed by atoms with van der Waals surface area (Å²) in [4.78, 5) is 4.17. The minimum Gasteiger partial charge on any atom is -0.349 e. The van der Waals surface area contributed by atoms with Crippen LogP contribution in [0.5, 0.6) is 0 Å². The van der Waals surface area contributed by atoms with Gasteiger partial charge < -0.3 is 5.32 Å². The Bertz CT molecular complexity index is 281. The molecule has 4 nitrogen and oxygen atoms in total. The van der Waals surface area contributed by atoms with Crippen LogP contribution < -0.4 is 16.6 Å². The number of nitrogens with two attached hydrogens (primary N) is 1. The highest BCUT2D eigenvalue weighted by Gasteiger charge is 2.06. The fourth-order valence-corrected chi connectivity index (χ4v) is 1.85. The van der Waals surface area contributed by atoms with Crippen molar-refractivity contribution >= 4 is 17.3 Å². The molecule has 0 aromatic carbocycles. The van der Waals surface area contributed by atoms with Gasteiger partial charge in [-0.1, -0.05) is 0 Å². The highest BCUT2D eigenvalue weighted by Crippen LogP contribution is 2.14. The Balaban J connectivity index is 2.55. The van der Waals surface area contributed by atoms with Crippen LogP contribution in [0.2, 0.25) is 0 Å². The van der Waals surface area contributed by atoms with Crippen LogP contribution in [0.25, 0.3) is 0 Å². The van der Waals surface area contributed by atoms with Crippen molar-refractivity contribution in [3.63, 3.8) is 0 Å². The highest BCUT2D eigenvalue weighted by atomic mass is 32.1. The van der Waals surface area contributed by atoms with Crippen LogP contribution in [0, 0.1) is 0 Å². The predicted molar refractivity (Wildman–Crippen MR) is 61.2 cm³/mol. The van der Waals surface area contributed by atoms with Crippen molar-refractivity contribution < 1.29 is 0 Å². The summed E-state index contributed by atoms with van der Waals surface area (Å²) in [5.74, 6) is 5.95. The topological polar surface area (TPSA) is 62.4 Å². The molecular weight excluding hydrogens is 196 g/mol. The lowest BCUT2D eigenvalue weighted by Gasteiger charge is -2.15. The Kier molecular flexibility index (Phi) is 4.42. The fraction of sp³-hybridized carbons (Fsp3) is 0.444. The lowest BCUT2D eigenvalue weighted by molar-refractivity contribution is 0.691. The monoisotopic (exact) mass is 212 g/mol. The van der Waals surface area contributed by atoms with Crippen LogP contribution in [-0.4, -0.2) is 12.5 Å². The van der Waals surface area contributed by atoms with Crippen molar-refractivity contribution in [3.05, 3.63) is 22.4 Å². The van der Waals surface area contributed by atoms with Crippen molar-refractivity contribution in [1.29, 1.82) is 0 Å². The molecule has 1 aromatic rings. The zero-order chi connectivity index (χ0) is 10.4. The van der Waals surface area contributed by atoms with E-state index in [0.717, 1.165) is 0 Å². The molecule has 0 saturated heterocycles. The Morgan fingerprint density at radius 2 is 2.50 bits per heavy atom. The summed E-state index contributed by atoms with van der Waals surface area (Å²) in [5, 5.41) is 7.35. The molecule has 5 heteroatoms. The van der Waals surface area contributed by atoms with E-state index >= 15 is 0 Å². The molecule has 0 radical (unpaired) electrons. The smallest absolute Gasteiger partial charge is 0.206 e. The molecule has 0 aliphatic carbocycles. The molecule has 0 aliphatic heterocycles. The maximum Gasteiger partial charge on any atom is 0.206 e. The number of nitrogens with zero attached hydrogens (tertiary/aromatic N) is 1. The van der Waals surface area contributed by atoms with Crippen LogP contribution in [0.3, 0.4) is 0 Å². The molecule has 78 valence electrons. The van der Waals surface area contributed by atoms with E-state index in [1.807, 2.05) is 6.92 Å². The molecule has 4 N–H and O–H groups in total. The SMILES string of the molecule is CCN=C(NN)NC(C)c1ccsc1. The number of nitrogens with one attached hydrogen (secondary N) is 2. The summed E-state index contributed by atoms with van der Waals surface area (Å²) in [7, 11) is 0. The zero-order valence-corrected chi connectivity index (χ0v) is 9.27. The number of guanidine groups is 1. The number of rotatable bonds is 3. The van der Waals surface area contributed by atoms with Gasteiger partial charge in [-0.25, -0.2) is 5.84 Å². The maximum absolute atomic E-state index is 5.32. The van der Waals surface area contributed by atoms with Crippen LogP contribution in [0.1, 0.15) is 25.5 Å². The second-order valence-electron chi connectivity index (χ2n) is 2.89. The fourth-order valence-electron chi connectivity index (χ4n) is 1.10. The van der Waals surface area contributed by atoms with Gasteiger partial charge in [0.25, 0.3) is 0 Å². The molecule has 0 amide bonds. The molecule has 0 saturated carbocycles. The average molecular weight is 212 g/mol. The Labute approximate surface area is 88.2 Å². The number of aliphatic imine (C=N–C) groups is 1. The molecule has 0 aliphatic rings. The van der Waals surface area contributed by atoms with E-state index in [1.54, 1.807) is 11.3 Å². The largest absolute Gasteiger partial charge is 0.349 e. The van der Waals surface area contributed by atoms with Crippen molar-refractivity contribution in [2.24, 2.45) is 10.8 Å². The van der Waals surface area contributed by atoms with Crippen molar-refractivity contribution in [2.45, 2.75) is 19.9 Å². The van der Waals surface area contributed by atoms with Gasteiger partial charge in [0.05, 0.1) is 6.04 Å². The number of hydrogen-bond donors (Lipinski definition) is 3. The second-order valence-corrected chi connectivity index (χ2v) is 3.67. The molecule has 0 spiro atoms. The van der Waals surface area contributed by atoms with Gasteiger partial charge in [-0.15, -0.1) is 0 Å². The first-order valence-electron chi connectivity index (χ1n) is 4.57. The van der Waals surface area contributed by atoms with E-state index < -0.39 is 0 Å². The van der Waals surface area contributed by atoms with E-state index in [4.69, 9.17) is 5.84 Å². The standard InChI is InChI=1S/C9H16N4S/c1-3-11-9(13-10)12-7(2)8-4-5-14-6-8/h4-7H,3,10H2,1-2H3,(H2,11,12,13). The zero-order valence-electron chi connectivity index (χ0n) is 8.45. The molecule has 0 bridgehead atoms. The molecule has 1 heterocycles. The maximum atomic E-state index is 5.32. The van der Waals surface area contributed by atoms with Gasteiger partial charge in [0.2, 0.25) is 5.96 Å². The number of hydrazine groups is 1. The van der Waals surface area contributed by atoms with Crippen LogP contribution >= 0.6 is 11.3 Å². The van der Waals surface area contributed by atoms with Crippen LogP contribution in [0.15, 0.2) is 21.8 Å². The highest BCUT2D eigenvalue weighted by molar-refractivity contribution is 7.07. The van der Waals surface area contributed by atoms with Crippen molar-refractivity contribution in [2.75, 3.05) is 6.54 Å². The minimum absolute atomic E-state index is 0.225. The average Bonchev–Trinajstić information content (AvgIpc) is 2.69. The summed E-state index contributed by atoms with van der Waals surface area (Å²) in [6, 6.07) is 2.31. The van der Waals surface area contributed by atoms with Gasteiger partial charge in [-0.3, -0.25) is 10.4 Å². The molecule has 14 heavy (non-hydrogen) atoms. The molecule has 0 fully saturated rings. The Morgan fingerprint density at radius 3 is 3.00 bits per heavy atom. The molecular formula is C9H16N4S. The number of hydrogen-bond acceptors (Lipinski definition) is 3. The van der Waals surface area contributed by atoms with Gasteiger partial charge in [-0.2, -0.15) is 11.3 Å². The Hall–Kier alpha value is -1.07. The normalized spacial score (nSPS) is 13.8. The summed E-state index contributed by atoms with van der Waals surface area (Å²) >= 11 is 1.68. The Morgan fingerprint density at radius 1 is 1.71 bits per heavy atom. The first-order chi connectivity index (χ1) is 6.77. The summed E-state index contributed by atoms with van der Waals surface area (Å²) in [6.07, 6.45) is 0. The van der Waals surface area contributed by atoms with Crippen molar-refractivity contribution in [3.8, 4) is 0 Å². The van der Waals surface area contributed by atoms with Gasteiger partial charge in [0, 0.05) is 6.54 Å². The van der Waals surface area contributed by atoms with Gasteiger partial charge in [0.15, 0.2) is 0 Å². The first kappa shape index (κ1) is 11.0. The lowest BCUT2D eigenvalue weighted by atomic mass is 10.2. The molecule has 1 unspecified atom stereocenters. The minimum atomic E-state index is 0.225. The van der Waals surface area contributed by atoms with E-state index in [9.17, 15) is 0 Å². The van der Waals surface area contributed by atoms with Crippen molar-refractivity contribution in [1.82, 2.24) is 10.7 Å². The van der Waals surface area contributed by atoms with Crippen LogP contribution in [-0.2, 0) is 0 Å². The third-order valence-electron chi connectivity index (χ3n) is 1.85. The molecule has 1 atom stereocenters. The molecule has 1 aromatic heterocycles. The first-order valence-corrected chi connectivity index (χ1v) is 5.52. The van der Waals surface area contributed by atoms with Gasteiger partial charge >= 0.3 is 0 Å². The van der Waals surface area contributed by atoms with E-state index in [-0.39, 0.29) is 6.04 Å². The summed E-state index contributed by atoms with van der Waals surface area (Å²) < 4.78 is 0. The van der Waals surface area contributed by atoms with E-state index in [0.29, 0.717) is 12.5 Å². The third-order valence-corrected chi connectivity index (χ3v) is 2.55. The van der Waals surface area contributed by atoms with Gasteiger partial charge in [-0.05, 0) is 36.2 Å². The lowest BCUT2D eigenvalue weighted by Crippen LogP contribution is -2.42. The summed E-state index contributed by atoms with van der Waals surface area (Å²) in [6.45, 7) is 4.75. The van der Waals surface area contributed by atoms with E-state index in [1.165, 1.54) is 5.56 Å². The van der Waals surface area contributed by atoms with Crippen LogP contribution in [0.4, 0.5) is 0 Å². The van der Waals surface area contributed by atoms with Gasteiger partial charge in [0.1, 0.15) is 0 Å². The second kappa shape index (κ2) is 5.62. The molecule has 1 rings (SSSR count). The summed E-state index contributed by atoms with van der Waals surface area (Å²) in [5.41, 5.74) is 3.78. The third kappa shape index (κ3) is 3.01. The quantitative estimate of drug-likeness (QED) is 0.306.